The summed E-state index contributed by atoms with van der Waals surface area (Å²) in [4.78, 5) is 53.0. The normalized spacial score (nSPS) is 27.6. The summed E-state index contributed by atoms with van der Waals surface area (Å²) in [6.07, 6.45) is 2.39. The highest BCUT2D eigenvalue weighted by Crippen LogP contribution is 2.40. The number of rotatable bonds is 3. The molecule has 132 valence electrons. The molecule has 1 spiro atoms. The Balaban J connectivity index is 1.66. The number of nitrogens with zero attached hydrogens (tertiary/aromatic N) is 3. The van der Waals surface area contributed by atoms with E-state index in [0.29, 0.717) is 19.5 Å². The fraction of sp³-hybridized carbons (Fsp3) is 0.750. The third kappa shape index (κ3) is 2.74. The average molecular weight is 336 g/mol. The van der Waals surface area contributed by atoms with Gasteiger partial charge < -0.3 is 15.1 Å². The van der Waals surface area contributed by atoms with Crippen molar-refractivity contribution < 1.29 is 19.2 Å². The third-order valence-corrected chi connectivity index (χ3v) is 5.33. The molecule has 3 rings (SSSR count). The van der Waals surface area contributed by atoms with Gasteiger partial charge in [0.2, 0.25) is 11.8 Å². The number of carbonyl (C=O) groups is 4. The monoisotopic (exact) mass is 336 g/mol. The lowest BCUT2D eigenvalue weighted by molar-refractivity contribution is -0.148. The van der Waals surface area contributed by atoms with Crippen LogP contribution < -0.4 is 5.32 Å². The molecule has 0 bridgehead atoms. The lowest BCUT2D eigenvalue weighted by atomic mass is 9.78. The van der Waals surface area contributed by atoms with Gasteiger partial charge in [-0.15, -0.1) is 0 Å². The number of hydrogen-bond donors (Lipinski definition) is 1. The summed E-state index contributed by atoms with van der Waals surface area (Å²) in [6.45, 7) is 5.37. The number of likely N-dealkylation sites (tertiary alicyclic amines) is 2. The van der Waals surface area contributed by atoms with E-state index in [9.17, 15) is 19.2 Å². The van der Waals surface area contributed by atoms with E-state index in [2.05, 4.69) is 5.32 Å². The molecule has 8 heteroatoms. The number of urea groups is 1. The molecule has 3 aliphatic rings. The average Bonchev–Trinajstić information content (AvgIpc) is 3.09. The molecule has 1 N–H and O–H groups in total. The van der Waals surface area contributed by atoms with Gasteiger partial charge in [-0.3, -0.25) is 19.3 Å². The molecule has 5 amide bonds. The van der Waals surface area contributed by atoms with Gasteiger partial charge in [-0.05, 0) is 33.1 Å². The SMILES string of the molecule is CC(C)N1CCC[C@]2(CCN(C(=O)CN3C(=O)CNC3=O)C2)C1=O. The van der Waals surface area contributed by atoms with E-state index in [0.717, 1.165) is 24.3 Å². The quantitative estimate of drug-likeness (QED) is 0.722. The van der Waals surface area contributed by atoms with Crippen molar-refractivity contribution in [2.45, 2.75) is 39.2 Å². The predicted molar refractivity (Wildman–Crippen MR) is 84.8 cm³/mol. The van der Waals surface area contributed by atoms with Crippen LogP contribution in [0, 0.1) is 5.41 Å². The van der Waals surface area contributed by atoms with Crippen LogP contribution in [0.4, 0.5) is 4.79 Å². The number of carbonyl (C=O) groups excluding carboxylic acids is 4. The van der Waals surface area contributed by atoms with Crippen LogP contribution in [-0.2, 0) is 14.4 Å². The van der Waals surface area contributed by atoms with Crippen molar-refractivity contribution >= 4 is 23.8 Å². The molecule has 3 aliphatic heterocycles. The maximum atomic E-state index is 12.9. The van der Waals surface area contributed by atoms with E-state index < -0.39 is 11.4 Å². The fourth-order valence-electron chi connectivity index (χ4n) is 3.91. The number of imide groups is 1. The van der Waals surface area contributed by atoms with Crippen LogP contribution >= 0.6 is 0 Å². The van der Waals surface area contributed by atoms with Gasteiger partial charge in [0.25, 0.3) is 5.91 Å². The third-order valence-electron chi connectivity index (χ3n) is 5.33. The summed E-state index contributed by atoms with van der Waals surface area (Å²) in [5.74, 6) is -0.525. The van der Waals surface area contributed by atoms with Crippen molar-refractivity contribution in [1.29, 1.82) is 0 Å². The van der Waals surface area contributed by atoms with E-state index in [1.165, 1.54) is 0 Å². The van der Waals surface area contributed by atoms with Crippen molar-refractivity contribution in [2.75, 3.05) is 32.7 Å². The summed E-state index contributed by atoms with van der Waals surface area (Å²) >= 11 is 0. The molecule has 0 saturated carbocycles. The first kappa shape index (κ1) is 16.7. The fourth-order valence-corrected chi connectivity index (χ4v) is 3.91. The molecule has 0 aromatic carbocycles. The van der Waals surface area contributed by atoms with Crippen LogP contribution in [0.5, 0.6) is 0 Å². The second kappa shape index (κ2) is 6.07. The maximum absolute atomic E-state index is 12.9. The maximum Gasteiger partial charge on any atom is 0.325 e. The van der Waals surface area contributed by atoms with Crippen LogP contribution in [0.1, 0.15) is 33.1 Å². The minimum absolute atomic E-state index is 0.0577. The molecule has 3 heterocycles. The van der Waals surface area contributed by atoms with Crippen LogP contribution in [0.2, 0.25) is 0 Å². The zero-order valence-corrected chi connectivity index (χ0v) is 14.2. The summed E-state index contributed by atoms with van der Waals surface area (Å²) in [5.41, 5.74) is -0.491. The van der Waals surface area contributed by atoms with E-state index in [4.69, 9.17) is 0 Å². The van der Waals surface area contributed by atoms with E-state index >= 15 is 0 Å². The minimum atomic E-state index is -0.526. The Labute approximate surface area is 141 Å². The van der Waals surface area contributed by atoms with Gasteiger partial charge in [0, 0.05) is 25.7 Å². The van der Waals surface area contributed by atoms with Crippen LogP contribution in [0.3, 0.4) is 0 Å². The molecule has 0 radical (unpaired) electrons. The van der Waals surface area contributed by atoms with Crippen LogP contribution in [0.15, 0.2) is 0 Å². The molecular weight excluding hydrogens is 312 g/mol. The summed E-state index contributed by atoms with van der Waals surface area (Å²) < 4.78 is 0. The second-order valence-electron chi connectivity index (χ2n) is 7.18. The summed E-state index contributed by atoms with van der Waals surface area (Å²) in [7, 11) is 0. The molecule has 0 aliphatic carbocycles. The van der Waals surface area contributed by atoms with Gasteiger partial charge in [-0.25, -0.2) is 4.79 Å². The summed E-state index contributed by atoms with van der Waals surface area (Å²) in [5, 5.41) is 2.40. The van der Waals surface area contributed by atoms with Gasteiger partial charge in [0.1, 0.15) is 6.54 Å². The predicted octanol–water partition coefficient (Wildman–Crippen LogP) is -0.212. The zero-order chi connectivity index (χ0) is 17.5. The Morgan fingerprint density at radius 1 is 1.21 bits per heavy atom. The highest BCUT2D eigenvalue weighted by Gasteiger charge is 2.50. The lowest BCUT2D eigenvalue weighted by Crippen LogP contribution is -2.53. The molecule has 0 unspecified atom stereocenters. The molecule has 1 atom stereocenters. The Bertz CT molecular complexity index is 575. The highest BCUT2D eigenvalue weighted by atomic mass is 16.2. The number of amides is 5. The van der Waals surface area contributed by atoms with E-state index in [1.807, 2.05) is 18.7 Å². The molecule has 3 fully saturated rings. The summed E-state index contributed by atoms with van der Waals surface area (Å²) in [6, 6.07) is -0.368. The van der Waals surface area contributed by atoms with Crippen molar-refractivity contribution in [3.63, 3.8) is 0 Å². The van der Waals surface area contributed by atoms with Crippen molar-refractivity contribution in [1.82, 2.24) is 20.0 Å². The number of piperidine rings is 1. The van der Waals surface area contributed by atoms with Gasteiger partial charge in [-0.1, -0.05) is 0 Å². The molecular formula is C16H24N4O4. The zero-order valence-electron chi connectivity index (χ0n) is 14.2. The van der Waals surface area contributed by atoms with Crippen LogP contribution in [-0.4, -0.2) is 77.2 Å². The first-order chi connectivity index (χ1) is 11.3. The second-order valence-corrected chi connectivity index (χ2v) is 7.18. The first-order valence-corrected chi connectivity index (χ1v) is 8.51. The minimum Gasteiger partial charge on any atom is -0.340 e. The van der Waals surface area contributed by atoms with Gasteiger partial charge >= 0.3 is 6.03 Å². The standard InChI is InChI=1S/C16H24N4O4/c1-11(2)19-6-3-4-16(14(19)23)5-7-18(10-16)13(22)9-20-12(21)8-17-15(20)24/h11H,3-10H2,1-2H3,(H,17,24)/t16-/m1/s1. The lowest BCUT2D eigenvalue weighted by Gasteiger charge is -2.41. The van der Waals surface area contributed by atoms with Gasteiger partial charge in [0.05, 0.1) is 12.0 Å². The number of hydrogen-bond acceptors (Lipinski definition) is 4. The van der Waals surface area contributed by atoms with Gasteiger partial charge in [-0.2, -0.15) is 0 Å². The Morgan fingerprint density at radius 3 is 2.58 bits per heavy atom. The Morgan fingerprint density at radius 2 is 1.96 bits per heavy atom. The van der Waals surface area contributed by atoms with Crippen molar-refractivity contribution in [3.05, 3.63) is 0 Å². The first-order valence-electron chi connectivity index (χ1n) is 8.51. The number of nitrogens with one attached hydrogen (secondary N) is 1. The Hall–Kier alpha value is -2.12. The topological polar surface area (TPSA) is 90.0 Å². The molecule has 8 nitrogen and oxygen atoms in total. The van der Waals surface area contributed by atoms with E-state index in [1.54, 1.807) is 4.90 Å². The van der Waals surface area contributed by atoms with E-state index in [-0.39, 0.29) is 36.9 Å². The smallest absolute Gasteiger partial charge is 0.325 e. The molecule has 0 aromatic rings. The largest absolute Gasteiger partial charge is 0.340 e. The molecule has 24 heavy (non-hydrogen) atoms. The molecule has 3 saturated heterocycles. The van der Waals surface area contributed by atoms with Crippen molar-refractivity contribution in [3.8, 4) is 0 Å². The van der Waals surface area contributed by atoms with Crippen molar-refractivity contribution in [2.24, 2.45) is 5.41 Å². The molecule has 0 aromatic heterocycles. The highest BCUT2D eigenvalue weighted by molar-refractivity contribution is 6.04. The Kier molecular flexibility index (Phi) is 4.23. The van der Waals surface area contributed by atoms with Crippen LogP contribution in [0.25, 0.3) is 0 Å². The van der Waals surface area contributed by atoms with Gasteiger partial charge in [0.15, 0.2) is 0 Å².